The Labute approximate surface area is 323 Å². The van der Waals surface area contributed by atoms with Crippen LogP contribution >= 0.6 is 0 Å². The van der Waals surface area contributed by atoms with Crippen molar-refractivity contribution in [3.05, 3.63) is 119 Å². The number of nitrogens with two attached hydrogens (primary N) is 2. The Bertz CT molecular complexity index is 2110. The van der Waals surface area contributed by atoms with Crippen LogP contribution < -0.4 is 22.1 Å². The zero-order valence-corrected chi connectivity index (χ0v) is 31.2. The van der Waals surface area contributed by atoms with E-state index >= 15 is 0 Å². The van der Waals surface area contributed by atoms with Crippen LogP contribution in [0.15, 0.2) is 83.8 Å². The van der Waals surface area contributed by atoms with Gasteiger partial charge in [0.2, 0.25) is 11.8 Å². The first kappa shape index (κ1) is 39.0. The fourth-order valence-electron chi connectivity index (χ4n) is 7.08. The number of nitrogens with one attached hydrogen (secondary N) is 4. The van der Waals surface area contributed by atoms with Gasteiger partial charge in [-0.05, 0) is 72.2 Å². The van der Waals surface area contributed by atoms with E-state index in [4.69, 9.17) is 26.1 Å². The fraction of sp³-hybridized carbons (Fsp3) is 0.325. The van der Waals surface area contributed by atoms with Crippen LogP contribution in [0.1, 0.15) is 58.5 Å². The van der Waals surface area contributed by atoms with Gasteiger partial charge in [0.25, 0.3) is 5.91 Å². The van der Waals surface area contributed by atoms with E-state index in [1.165, 1.54) is 6.33 Å². The number of phenols is 1. The average molecular weight is 763 g/mol. The summed E-state index contributed by atoms with van der Waals surface area (Å²) in [5.41, 5.74) is 17.0. The molecule has 1 aliphatic rings. The number of hydrogen-bond acceptors (Lipinski definition) is 10. The van der Waals surface area contributed by atoms with Gasteiger partial charge in [-0.3, -0.25) is 15.0 Å². The molecule has 0 aliphatic carbocycles. The van der Waals surface area contributed by atoms with E-state index in [-0.39, 0.29) is 30.4 Å². The zero-order chi connectivity index (χ0) is 39.8. The summed E-state index contributed by atoms with van der Waals surface area (Å²) in [7, 11) is 0. The van der Waals surface area contributed by atoms with E-state index in [0.717, 1.165) is 22.3 Å². The van der Waals surface area contributed by atoms with Crippen molar-refractivity contribution < 1.29 is 28.8 Å². The molecule has 0 spiro atoms. The average Bonchev–Trinajstić information content (AvgIpc) is 3.87. The SMILES string of the molecule is Cc1cc(O)cc(C)c1CC(NC(=O)[C@H](OC(N)=O)C1CCN(C(=N)N)CC1)C(=O)N[C@@H](Cc1c[nH]cn1)c1nc(Cc2ccc(-c3ccccc3)cc2)no1. The number of ether oxygens (including phenoxy) is 1. The normalized spacial score (nSPS) is 14.7. The molecule has 1 fully saturated rings. The number of nitrogens with zero attached hydrogens (tertiary/aromatic N) is 4. The summed E-state index contributed by atoms with van der Waals surface area (Å²) in [6.45, 7) is 4.36. The molecule has 3 heterocycles. The molecule has 3 atom stereocenters. The van der Waals surface area contributed by atoms with Gasteiger partial charge in [-0.1, -0.05) is 59.8 Å². The third-order valence-electron chi connectivity index (χ3n) is 10.0. The Kier molecular flexibility index (Phi) is 12.3. The number of benzene rings is 3. The van der Waals surface area contributed by atoms with Crippen LogP contribution in [0, 0.1) is 25.2 Å². The second kappa shape index (κ2) is 17.6. The van der Waals surface area contributed by atoms with Crippen LogP contribution in [-0.4, -0.2) is 79.2 Å². The molecule has 56 heavy (non-hydrogen) atoms. The van der Waals surface area contributed by atoms with Crippen molar-refractivity contribution in [3.8, 4) is 16.9 Å². The lowest BCUT2D eigenvalue weighted by Gasteiger charge is -2.35. The molecule has 0 bridgehead atoms. The molecule has 1 aliphatic heterocycles. The largest absolute Gasteiger partial charge is 0.508 e. The Morgan fingerprint density at radius 3 is 2.29 bits per heavy atom. The standard InChI is InChI=1S/C40H46N10O6/c1-23-16-30(51)17-24(2)31(23)20-32(46-37(53)35(55-40(43)54)28-12-14-50(15-13-28)39(41)42)36(52)47-33(19-29-21-44-22-45-29)38-48-34(49-56-38)18-25-8-10-27(11-9-25)26-6-4-3-5-7-26/h3-11,16-17,21-22,28,32-33,35,51H,12-15,18-20H2,1-2H3,(H3,41,42)(H2,43,54)(H,44,45)(H,46,53)(H,47,52)/t32?,33-,35+/m0/s1. The number of amides is 3. The Morgan fingerprint density at radius 2 is 1.66 bits per heavy atom. The number of imidazole rings is 1. The highest BCUT2D eigenvalue weighted by Gasteiger charge is 2.37. The minimum absolute atomic E-state index is 0.0325. The zero-order valence-electron chi connectivity index (χ0n) is 31.2. The molecule has 16 heteroatoms. The maximum atomic E-state index is 14.4. The Morgan fingerprint density at radius 1 is 0.982 bits per heavy atom. The van der Waals surface area contributed by atoms with Crippen LogP contribution in [0.5, 0.6) is 5.75 Å². The molecule has 0 radical (unpaired) electrons. The first-order valence-corrected chi connectivity index (χ1v) is 18.3. The summed E-state index contributed by atoms with van der Waals surface area (Å²) in [6, 6.07) is 19.3. The number of aryl methyl sites for hydroxylation is 2. The number of rotatable bonds is 14. The summed E-state index contributed by atoms with van der Waals surface area (Å²) in [4.78, 5) is 54.0. The van der Waals surface area contributed by atoms with Gasteiger partial charge in [-0.2, -0.15) is 4.98 Å². The topological polar surface area (TPSA) is 251 Å². The Balaban J connectivity index is 1.24. The molecule has 6 rings (SSSR count). The molecule has 1 saturated heterocycles. The minimum Gasteiger partial charge on any atom is -0.508 e. The van der Waals surface area contributed by atoms with E-state index in [1.54, 1.807) is 37.1 Å². The van der Waals surface area contributed by atoms with Crippen molar-refractivity contribution in [3.63, 3.8) is 0 Å². The smallest absolute Gasteiger partial charge is 0.405 e. The van der Waals surface area contributed by atoms with Crippen molar-refractivity contribution in [2.45, 2.75) is 64.1 Å². The highest BCUT2D eigenvalue weighted by atomic mass is 16.6. The van der Waals surface area contributed by atoms with Gasteiger partial charge < -0.3 is 46.4 Å². The van der Waals surface area contributed by atoms with Crippen molar-refractivity contribution in [2.75, 3.05) is 13.1 Å². The maximum absolute atomic E-state index is 14.4. The van der Waals surface area contributed by atoms with Crippen LogP contribution in [0.4, 0.5) is 4.79 Å². The van der Waals surface area contributed by atoms with Gasteiger partial charge in [0.15, 0.2) is 17.9 Å². The minimum atomic E-state index is -1.31. The van der Waals surface area contributed by atoms with Crippen LogP contribution in [0.25, 0.3) is 11.1 Å². The van der Waals surface area contributed by atoms with Gasteiger partial charge in [-0.25, -0.2) is 9.78 Å². The summed E-state index contributed by atoms with van der Waals surface area (Å²) in [5, 5.41) is 28.0. The third kappa shape index (κ3) is 9.88. The van der Waals surface area contributed by atoms with Crippen molar-refractivity contribution >= 4 is 23.9 Å². The molecular formula is C40H46N10O6. The third-order valence-corrected chi connectivity index (χ3v) is 10.0. The van der Waals surface area contributed by atoms with E-state index in [9.17, 15) is 19.5 Å². The highest BCUT2D eigenvalue weighted by Crippen LogP contribution is 2.26. The van der Waals surface area contributed by atoms with Crippen molar-refractivity contribution in [2.24, 2.45) is 17.4 Å². The number of carbonyl (C=O) groups is 3. The van der Waals surface area contributed by atoms with Gasteiger partial charge >= 0.3 is 6.09 Å². The number of likely N-dealkylation sites (tertiary alicyclic amines) is 1. The summed E-state index contributed by atoms with van der Waals surface area (Å²) < 4.78 is 11.1. The van der Waals surface area contributed by atoms with E-state index in [0.29, 0.717) is 55.0 Å². The number of H-pyrrole nitrogens is 1. The molecule has 2 aromatic heterocycles. The van der Waals surface area contributed by atoms with E-state index < -0.39 is 42.0 Å². The summed E-state index contributed by atoms with van der Waals surface area (Å²) in [6.07, 6.45) is 2.14. The van der Waals surface area contributed by atoms with Crippen molar-refractivity contribution in [1.82, 2.24) is 35.6 Å². The Hall–Kier alpha value is -6.71. The number of aromatic nitrogens is 4. The molecule has 0 saturated carbocycles. The van der Waals surface area contributed by atoms with Crippen LogP contribution in [0.2, 0.25) is 0 Å². The first-order chi connectivity index (χ1) is 26.9. The number of aromatic hydroxyl groups is 1. The molecule has 9 N–H and O–H groups in total. The van der Waals surface area contributed by atoms with E-state index in [2.05, 4.69) is 30.7 Å². The predicted octanol–water partition coefficient (Wildman–Crippen LogP) is 3.57. The quantitative estimate of drug-likeness (QED) is 0.0636. The van der Waals surface area contributed by atoms with Gasteiger partial charge in [0.05, 0.1) is 12.0 Å². The molecule has 1 unspecified atom stereocenters. The highest BCUT2D eigenvalue weighted by molar-refractivity contribution is 5.91. The predicted molar refractivity (Wildman–Crippen MR) is 206 cm³/mol. The van der Waals surface area contributed by atoms with E-state index in [1.807, 2.05) is 54.6 Å². The van der Waals surface area contributed by atoms with Crippen LogP contribution in [-0.2, 0) is 33.6 Å². The number of carbonyl (C=O) groups excluding carboxylic acids is 3. The molecule has 16 nitrogen and oxygen atoms in total. The summed E-state index contributed by atoms with van der Waals surface area (Å²) >= 11 is 0. The number of guanidine groups is 1. The fourth-order valence-corrected chi connectivity index (χ4v) is 7.08. The maximum Gasteiger partial charge on any atom is 0.405 e. The lowest BCUT2D eigenvalue weighted by molar-refractivity contribution is -0.137. The molecule has 3 amide bonds. The molecule has 292 valence electrons. The number of primary amides is 1. The monoisotopic (exact) mass is 762 g/mol. The second-order valence-electron chi connectivity index (χ2n) is 14.0. The van der Waals surface area contributed by atoms with Gasteiger partial charge in [0.1, 0.15) is 17.8 Å². The van der Waals surface area contributed by atoms with Crippen molar-refractivity contribution in [1.29, 1.82) is 5.41 Å². The molecule has 3 aromatic carbocycles. The second-order valence-corrected chi connectivity index (χ2v) is 14.0. The molecule has 5 aromatic rings. The lowest BCUT2D eigenvalue weighted by atomic mass is 9.90. The first-order valence-electron chi connectivity index (χ1n) is 18.3. The number of phenolic OH excluding ortho intramolecular Hbond substituents is 1. The number of hydrogen-bond donors (Lipinski definition) is 7. The number of piperidine rings is 1. The lowest BCUT2D eigenvalue weighted by Crippen LogP contribution is -2.55. The molecular weight excluding hydrogens is 717 g/mol. The van der Waals surface area contributed by atoms with Gasteiger partial charge in [0, 0.05) is 44.5 Å². The summed E-state index contributed by atoms with van der Waals surface area (Å²) in [5.74, 6) is -1.20. The number of aromatic amines is 1. The van der Waals surface area contributed by atoms with Crippen LogP contribution in [0.3, 0.4) is 0 Å². The van der Waals surface area contributed by atoms with Gasteiger partial charge in [-0.15, -0.1) is 0 Å².